The van der Waals surface area contributed by atoms with E-state index in [-0.39, 0.29) is 17.2 Å². The highest BCUT2D eigenvalue weighted by Crippen LogP contribution is 2.33. The van der Waals surface area contributed by atoms with E-state index in [2.05, 4.69) is 31.4 Å². The lowest BCUT2D eigenvalue weighted by atomic mass is 9.95. The summed E-state index contributed by atoms with van der Waals surface area (Å²) in [5.74, 6) is -0.428. The molecule has 0 unspecified atom stereocenters. The van der Waals surface area contributed by atoms with Crippen LogP contribution < -0.4 is 10.6 Å². The van der Waals surface area contributed by atoms with E-state index in [0.29, 0.717) is 31.6 Å². The molecule has 1 amide bonds. The SMILES string of the molecule is CC(C)(C)Sc1ccc(NC(=O)C2(S(C)(=O)=O)CCNCC2)cc1.Cl. The molecular formula is C17H27ClN2O3S2. The third-order valence-electron chi connectivity index (χ3n) is 4.07. The predicted molar refractivity (Wildman–Crippen MR) is 108 cm³/mol. The first-order valence-electron chi connectivity index (χ1n) is 8.04. The lowest BCUT2D eigenvalue weighted by molar-refractivity contribution is -0.119. The van der Waals surface area contributed by atoms with E-state index in [4.69, 9.17) is 0 Å². The Balaban J connectivity index is 0.00000312. The van der Waals surface area contributed by atoms with Gasteiger partial charge in [-0.05, 0) is 50.2 Å². The number of carbonyl (C=O) groups excluding carboxylic acids is 1. The van der Waals surface area contributed by atoms with Crippen LogP contribution in [0.25, 0.3) is 0 Å². The molecule has 1 saturated heterocycles. The quantitative estimate of drug-likeness (QED) is 0.751. The molecule has 1 fully saturated rings. The van der Waals surface area contributed by atoms with E-state index >= 15 is 0 Å². The molecule has 1 aromatic carbocycles. The van der Waals surface area contributed by atoms with Crippen LogP contribution in [0.3, 0.4) is 0 Å². The highest BCUT2D eigenvalue weighted by atomic mass is 35.5. The molecule has 1 aliphatic rings. The summed E-state index contributed by atoms with van der Waals surface area (Å²) in [5, 5.41) is 5.91. The van der Waals surface area contributed by atoms with Crippen LogP contribution in [0.15, 0.2) is 29.2 Å². The molecule has 1 aromatic rings. The highest BCUT2D eigenvalue weighted by molar-refractivity contribution is 8.00. The molecular weight excluding hydrogens is 380 g/mol. The maximum atomic E-state index is 12.7. The summed E-state index contributed by atoms with van der Waals surface area (Å²) in [6.07, 6.45) is 1.76. The Hall–Kier alpha value is -0.760. The van der Waals surface area contributed by atoms with Gasteiger partial charge in [-0.3, -0.25) is 4.79 Å². The topological polar surface area (TPSA) is 75.3 Å². The van der Waals surface area contributed by atoms with Gasteiger partial charge in [0, 0.05) is 21.6 Å². The molecule has 0 aliphatic carbocycles. The number of benzene rings is 1. The van der Waals surface area contributed by atoms with Crippen molar-refractivity contribution in [2.45, 2.75) is 48.0 Å². The number of rotatable bonds is 4. The van der Waals surface area contributed by atoms with Crippen molar-refractivity contribution in [1.29, 1.82) is 0 Å². The minimum Gasteiger partial charge on any atom is -0.325 e. The number of sulfone groups is 1. The summed E-state index contributed by atoms with van der Waals surface area (Å²) in [6, 6.07) is 7.54. The van der Waals surface area contributed by atoms with Gasteiger partial charge in [0.25, 0.3) is 0 Å². The Morgan fingerprint density at radius 2 is 1.68 bits per heavy atom. The molecule has 0 spiro atoms. The van der Waals surface area contributed by atoms with Crippen LogP contribution in [0.5, 0.6) is 0 Å². The van der Waals surface area contributed by atoms with E-state index in [0.717, 1.165) is 11.2 Å². The standard InChI is InChI=1S/C17H26N2O3S2.ClH/c1-16(2,3)23-14-7-5-13(6-8-14)19-15(20)17(24(4,21)22)9-11-18-12-10-17;/h5-8,18H,9-12H2,1-4H3,(H,19,20);1H. The number of anilines is 1. The molecule has 0 saturated carbocycles. The van der Waals surface area contributed by atoms with Gasteiger partial charge in [-0.15, -0.1) is 24.2 Å². The number of nitrogens with one attached hydrogen (secondary N) is 2. The number of halogens is 1. The van der Waals surface area contributed by atoms with Crippen molar-refractivity contribution in [3.63, 3.8) is 0 Å². The first-order chi connectivity index (χ1) is 11.0. The fourth-order valence-corrected chi connectivity index (χ4v) is 5.11. The van der Waals surface area contributed by atoms with Gasteiger partial charge in [0.1, 0.15) is 0 Å². The van der Waals surface area contributed by atoms with Gasteiger partial charge in [-0.1, -0.05) is 20.8 Å². The van der Waals surface area contributed by atoms with Gasteiger partial charge in [0.05, 0.1) is 0 Å². The van der Waals surface area contributed by atoms with Crippen LogP contribution in [0.2, 0.25) is 0 Å². The number of hydrogen-bond acceptors (Lipinski definition) is 5. The van der Waals surface area contributed by atoms with Crippen molar-refractivity contribution in [3.05, 3.63) is 24.3 Å². The zero-order valence-electron chi connectivity index (χ0n) is 15.1. The average molecular weight is 407 g/mol. The van der Waals surface area contributed by atoms with Crippen LogP contribution in [0, 0.1) is 0 Å². The molecule has 1 heterocycles. The zero-order valence-corrected chi connectivity index (χ0v) is 17.5. The van der Waals surface area contributed by atoms with E-state index in [1.54, 1.807) is 11.8 Å². The van der Waals surface area contributed by atoms with Crippen molar-refractivity contribution < 1.29 is 13.2 Å². The second-order valence-corrected chi connectivity index (χ2v) is 11.4. The molecule has 2 rings (SSSR count). The van der Waals surface area contributed by atoms with Gasteiger partial charge in [0.2, 0.25) is 5.91 Å². The minimum absolute atomic E-state index is 0. The van der Waals surface area contributed by atoms with Crippen molar-refractivity contribution in [3.8, 4) is 0 Å². The van der Waals surface area contributed by atoms with Crippen molar-refractivity contribution in [2.24, 2.45) is 0 Å². The second kappa shape index (κ2) is 8.29. The van der Waals surface area contributed by atoms with E-state index in [9.17, 15) is 13.2 Å². The summed E-state index contributed by atoms with van der Waals surface area (Å²) in [5.41, 5.74) is 0.625. The largest absolute Gasteiger partial charge is 0.325 e. The summed E-state index contributed by atoms with van der Waals surface area (Å²) in [6.45, 7) is 7.48. The van der Waals surface area contributed by atoms with Gasteiger partial charge < -0.3 is 10.6 Å². The van der Waals surface area contributed by atoms with Crippen molar-refractivity contribution >= 4 is 45.6 Å². The molecule has 25 heavy (non-hydrogen) atoms. The number of hydrogen-bond donors (Lipinski definition) is 2. The Kier molecular flexibility index (Phi) is 7.39. The van der Waals surface area contributed by atoms with Crippen molar-refractivity contribution in [2.75, 3.05) is 24.7 Å². The Morgan fingerprint density at radius 1 is 1.16 bits per heavy atom. The summed E-state index contributed by atoms with van der Waals surface area (Å²) in [4.78, 5) is 13.8. The van der Waals surface area contributed by atoms with Crippen LogP contribution in [-0.2, 0) is 14.6 Å². The van der Waals surface area contributed by atoms with Gasteiger partial charge in [0.15, 0.2) is 14.6 Å². The number of thioether (sulfide) groups is 1. The normalized spacial score (nSPS) is 17.4. The molecule has 0 atom stereocenters. The van der Waals surface area contributed by atoms with Crippen LogP contribution in [-0.4, -0.2) is 43.2 Å². The third-order valence-corrected chi connectivity index (χ3v) is 7.20. The first kappa shape index (κ1) is 22.3. The Labute approximate surface area is 161 Å². The molecule has 5 nitrogen and oxygen atoms in total. The van der Waals surface area contributed by atoms with Gasteiger partial charge in [-0.2, -0.15) is 0 Å². The molecule has 142 valence electrons. The molecule has 0 radical (unpaired) electrons. The van der Waals surface area contributed by atoms with Crippen LogP contribution in [0.1, 0.15) is 33.6 Å². The van der Waals surface area contributed by atoms with Crippen molar-refractivity contribution in [1.82, 2.24) is 5.32 Å². The fraction of sp³-hybridized carbons (Fsp3) is 0.588. The highest BCUT2D eigenvalue weighted by Gasteiger charge is 2.48. The number of piperidine rings is 1. The molecule has 8 heteroatoms. The number of carbonyl (C=O) groups is 1. The Morgan fingerprint density at radius 3 is 2.12 bits per heavy atom. The average Bonchev–Trinajstić information content (AvgIpc) is 2.47. The number of amides is 1. The molecule has 0 aromatic heterocycles. The van der Waals surface area contributed by atoms with Gasteiger partial charge in [-0.25, -0.2) is 8.42 Å². The second-order valence-electron chi connectivity index (χ2n) is 7.21. The summed E-state index contributed by atoms with van der Waals surface area (Å²) >= 11 is 1.74. The van der Waals surface area contributed by atoms with E-state index < -0.39 is 20.5 Å². The van der Waals surface area contributed by atoms with Crippen LogP contribution in [0.4, 0.5) is 5.69 Å². The lowest BCUT2D eigenvalue weighted by Crippen LogP contribution is -2.55. The Bertz CT molecular complexity index is 692. The molecule has 0 bridgehead atoms. The lowest BCUT2D eigenvalue weighted by Gasteiger charge is -2.34. The summed E-state index contributed by atoms with van der Waals surface area (Å²) < 4.78 is 23.3. The van der Waals surface area contributed by atoms with Gasteiger partial charge >= 0.3 is 0 Å². The minimum atomic E-state index is -3.50. The van der Waals surface area contributed by atoms with Crippen LogP contribution >= 0.6 is 24.2 Å². The zero-order chi connectivity index (χ0) is 18.0. The molecule has 2 N–H and O–H groups in total. The monoisotopic (exact) mass is 406 g/mol. The van der Waals surface area contributed by atoms with E-state index in [1.807, 2.05) is 24.3 Å². The smallest absolute Gasteiger partial charge is 0.245 e. The maximum Gasteiger partial charge on any atom is 0.245 e. The maximum absolute atomic E-state index is 12.7. The summed E-state index contributed by atoms with van der Waals surface area (Å²) in [7, 11) is -3.50. The third kappa shape index (κ3) is 5.61. The fourth-order valence-electron chi connectivity index (χ4n) is 2.80. The molecule has 1 aliphatic heterocycles. The van der Waals surface area contributed by atoms with E-state index in [1.165, 1.54) is 0 Å². The first-order valence-corrected chi connectivity index (χ1v) is 10.8. The predicted octanol–water partition coefficient (Wildman–Crippen LogP) is 3.10.